The molecule has 0 fully saturated rings. The van der Waals surface area contributed by atoms with Crippen molar-refractivity contribution in [1.29, 1.82) is 0 Å². The lowest BCUT2D eigenvalue weighted by Crippen LogP contribution is -2.27. The van der Waals surface area contributed by atoms with Crippen molar-refractivity contribution in [3.8, 4) is 0 Å². The third kappa shape index (κ3) is 4.46. The Balaban J connectivity index is 2.49. The number of rotatable bonds is 6. The van der Waals surface area contributed by atoms with Gasteiger partial charge in [0.05, 0.1) is 12.8 Å². The molecule has 1 aromatic rings. The van der Waals surface area contributed by atoms with Gasteiger partial charge in [-0.15, -0.1) is 11.3 Å². The van der Waals surface area contributed by atoms with E-state index in [1.807, 2.05) is 13.8 Å². The van der Waals surface area contributed by atoms with Crippen molar-refractivity contribution in [2.45, 2.75) is 26.3 Å². The monoisotopic (exact) mass is 270 g/mol. The van der Waals surface area contributed by atoms with Gasteiger partial charge in [0.2, 0.25) is 5.91 Å². The van der Waals surface area contributed by atoms with E-state index in [1.54, 1.807) is 11.4 Å². The molecule has 1 aromatic heterocycles. The molecule has 0 spiro atoms. The Morgan fingerprint density at radius 3 is 2.78 bits per heavy atom. The number of hydrogen-bond acceptors (Lipinski definition) is 5. The molecule has 0 aliphatic carbocycles. The van der Waals surface area contributed by atoms with Crippen LogP contribution in [-0.4, -0.2) is 31.6 Å². The van der Waals surface area contributed by atoms with E-state index in [2.05, 4.69) is 15.4 Å². The summed E-state index contributed by atoms with van der Waals surface area (Å²) < 4.78 is 4.64. The van der Waals surface area contributed by atoms with Gasteiger partial charge in [-0.05, 0) is 11.4 Å². The molecule has 1 rings (SSSR count). The van der Waals surface area contributed by atoms with Gasteiger partial charge in [0.25, 0.3) is 0 Å². The number of amides is 1. The zero-order valence-electron chi connectivity index (χ0n) is 10.8. The van der Waals surface area contributed by atoms with Gasteiger partial charge in [-0.2, -0.15) is 0 Å². The molecule has 0 bridgehead atoms. The largest absolute Gasteiger partial charge is 0.465 e. The SMILES string of the molecule is COC(=O)c1sccc1NC(=O)CCNC(C)C. The van der Waals surface area contributed by atoms with Gasteiger partial charge in [-0.3, -0.25) is 4.79 Å². The molecule has 0 saturated heterocycles. The van der Waals surface area contributed by atoms with Crippen LogP contribution >= 0.6 is 11.3 Å². The minimum Gasteiger partial charge on any atom is -0.465 e. The number of carbonyl (C=O) groups excluding carboxylic acids is 2. The smallest absolute Gasteiger partial charge is 0.350 e. The molecule has 5 nitrogen and oxygen atoms in total. The van der Waals surface area contributed by atoms with Crippen molar-refractivity contribution >= 4 is 28.9 Å². The van der Waals surface area contributed by atoms with Gasteiger partial charge in [0, 0.05) is 19.0 Å². The quantitative estimate of drug-likeness (QED) is 0.774. The Hall–Kier alpha value is -1.40. The molecule has 0 aromatic carbocycles. The van der Waals surface area contributed by atoms with Crippen LogP contribution in [0.1, 0.15) is 29.9 Å². The first-order chi connectivity index (χ1) is 8.54. The zero-order chi connectivity index (χ0) is 13.5. The van der Waals surface area contributed by atoms with Crippen LogP contribution in [0.4, 0.5) is 5.69 Å². The first-order valence-electron chi connectivity index (χ1n) is 5.73. The van der Waals surface area contributed by atoms with Crippen LogP contribution in [0.15, 0.2) is 11.4 Å². The fourth-order valence-corrected chi connectivity index (χ4v) is 2.11. The number of carbonyl (C=O) groups is 2. The summed E-state index contributed by atoms with van der Waals surface area (Å²) in [5, 5.41) is 7.61. The van der Waals surface area contributed by atoms with E-state index in [0.717, 1.165) is 0 Å². The number of nitrogens with one attached hydrogen (secondary N) is 2. The second kappa shape index (κ2) is 7.13. The lowest BCUT2D eigenvalue weighted by Gasteiger charge is -2.08. The molecule has 0 unspecified atom stereocenters. The van der Waals surface area contributed by atoms with Crippen molar-refractivity contribution in [2.24, 2.45) is 0 Å². The van der Waals surface area contributed by atoms with E-state index in [4.69, 9.17) is 0 Å². The Morgan fingerprint density at radius 1 is 1.44 bits per heavy atom. The topological polar surface area (TPSA) is 67.4 Å². The molecule has 0 aliphatic rings. The van der Waals surface area contributed by atoms with Crippen molar-refractivity contribution in [3.63, 3.8) is 0 Å². The predicted molar refractivity (Wildman–Crippen MR) is 72.0 cm³/mol. The number of thiophene rings is 1. The average molecular weight is 270 g/mol. The van der Waals surface area contributed by atoms with E-state index < -0.39 is 5.97 Å². The molecule has 18 heavy (non-hydrogen) atoms. The fourth-order valence-electron chi connectivity index (χ4n) is 1.35. The fraction of sp³-hybridized carbons (Fsp3) is 0.500. The standard InChI is InChI=1S/C12H18N2O3S/c1-8(2)13-6-4-10(15)14-9-5-7-18-11(9)12(16)17-3/h5,7-8,13H,4,6H2,1-3H3,(H,14,15). The number of esters is 1. The van der Waals surface area contributed by atoms with E-state index in [-0.39, 0.29) is 5.91 Å². The molecule has 0 radical (unpaired) electrons. The van der Waals surface area contributed by atoms with Crippen LogP contribution in [0.3, 0.4) is 0 Å². The summed E-state index contributed by atoms with van der Waals surface area (Å²) in [6.45, 7) is 4.65. The van der Waals surface area contributed by atoms with Crippen LogP contribution < -0.4 is 10.6 Å². The van der Waals surface area contributed by atoms with Crippen LogP contribution in [0.25, 0.3) is 0 Å². The number of ether oxygens (including phenoxy) is 1. The molecule has 1 amide bonds. The third-order valence-electron chi connectivity index (χ3n) is 2.21. The molecular formula is C12H18N2O3S. The van der Waals surface area contributed by atoms with Crippen LogP contribution in [-0.2, 0) is 9.53 Å². The summed E-state index contributed by atoms with van der Waals surface area (Å²) in [4.78, 5) is 23.5. The van der Waals surface area contributed by atoms with Crippen LogP contribution in [0, 0.1) is 0 Å². The summed E-state index contributed by atoms with van der Waals surface area (Å²) in [7, 11) is 1.32. The molecular weight excluding hydrogens is 252 g/mol. The van der Waals surface area contributed by atoms with Crippen LogP contribution in [0.2, 0.25) is 0 Å². The summed E-state index contributed by atoms with van der Waals surface area (Å²) in [5.41, 5.74) is 0.515. The predicted octanol–water partition coefficient (Wildman–Crippen LogP) is 1.86. The second-order valence-corrected chi connectivity index (χ2v) is 4.98. The highest BCUT2D eigenvalue weighted by Crippen LogP contribution is 2.23. The minimum absolute atomic E-state index is 0.119. The van der Waals surface area contributed by atoms with Gasteiger partial charge in [0.15, 0.2) is 0 Å². The molecule has 100 valence electrons. The summed E-state index contributed by atoms with van der Waals surface area (Å²) >= 11 is 1.25. The molecule has 1 heterocycles. The molecule has 0 saturated carbocycles. The molecule has 6 heteroatoms. The second-order valence-electron chi connectivity index (χ2n) is 4.06. The van der Waals surface area contributed by atoms with Crippen molar-refractivity contribution in [3.05, 3.63) is 16.3 Å². The highest BCUT2D eigenvalue weighted by atomic mass is 32.1. The lowest BCUT2D eigenvalue weighted by molar-refractivity contribution is -0.116. The highest BCUT2D eigenvalue weighted by Gasteiger charge is 2.15. The first-order valence-corrected chi connectivity index (χ1v) is 6.61. The minimum atomic E-state index is -0.430. The Bertz CT molecular complexity index is 415. The molecule has 0 atom stereocenters. The van der Waals surface area contributed by atoms with Crippen molar-refractivity contribution < 1.29 is 14.3 Å². The maximum atomic E-state index is 11.7. The Labute approximate surface area is 111 Å². The number of anilines is 1. The van der Waals surface area contributed by atoms with Gasteiger partial charge >= 0.3 is 5.97 Å². The maximum absolute atomic E-state index is 11.7. The number of methoxy groups -OCH3 is 1. The summed E-state index contributed by atoms with van der Waals surface area (Å²) in [5.74, 6) is -0.549. The first kappa shape index (κ1) is 14.7. The zero-order valence-corrected chi connectivity index (χ0v) is 11.6. The number of hydrogen-bond donors (Lipinski definition) is 2. The van der Waals surface area contributed by atoms with Gasteiger partial charge in [0.1, 0.15) is 4.88 Å². The normalized spacial score (nSPS) is 10.4. The van der Waals surface area contributed by atoms with Crippen molar-refractivity contribution in [2.75, 3.05) is 19.0 Å². The lowest BCUT2D eigenvalue weighted by atomic mass is 10.3. The van der Waals surface area contributed by atoms with E-state index >= 15 is 0 Å². The Kier molecular flexibility index (Phi) is 5.80. The molecule has 2 N–H and O–H groups in total. The third-order valence-corrected chi connectivity index (χ3v) is 3.11. The van der Waals surface area contributed by atoms with Gasteiger partial charge in [-0.1, -0.05) is 13.8 Å². The maximum Gasteiger partial charge on any atom is 0.350 e. The van der Waals surface area contributed by atoms with Crippen LogP contribution in [0.5, 0.6) is 0 Å². The van der Waals surface area contributed by atoms with Crippen molar-refractivity contribution in [1.82, 2.24) is 5.32 Å². The summed E-state index contributed by atoms with van der Waals surface area (Å²) in [6.07, 6.45) is 0.370. The van der Waals surface area contributed by atoms with Gasteiger partial charge in [-0.25, -0.2) is 4.79 Å². The Morgan fingerprint density at radius 2 is 2.17 bits per heavy atom. The summed E-state index contributed by atoms with van der Waals surface area (Å²) in [6, 6.07) is 2.05. The van der Waals surface area contributed by atoms with Gasteiger partial charge < -0.3 is 15.4 Å². The highest BCUT2D eigenvalue weighted by molar-refractivity contribution is 7.12. The molecule has 0 aliphatic heterocycles. The van der Waals surface area contributed by atoms with E-state index in [1.165, 1.54) is 18.4 Å². The average Bonchev–Trinajstić information content (AvgIpc) is 2.75. The van der Waals surface area contributed by atoms with E-state index in [9.17, 15) is 9.59 Å². The van der Waals surface area contributed by atoms with E-state index in [0.29, 0.717) is 29.6 Å².